The van der Waals surface area contributed by atoms with Crippen molar-refractivity contribution in [2.24, 2.45) is 4.99 Å². The molecule has 3 heterocycles. The summed E-state index contributed by atoms with van der Waals surface area (Å²) in [5, 5.41) is 11.5. The molecule has 2 aliphatic heterocycles. The summed E-state index contributed by atoms with van der Waals surface area (Å²) in [6.45, 7) is 4.80. The van der Waals surface area contributed by atoms with E-state index in [2.05, 4.69) is 9.56 Å². The molecule has 8 heteroatoms. The van der Waals surface area contributed by atoms with Crippen LogP contribution in [-0.2, 0) is 12.1 Å². The Hall–Kier alpha value is -4.59. The van der Waals surface area contributed by atoms with Crippen molar-refractivity contribution < 1.29 is 19.4 Å². The highest BCUT2D eigenvalue weighted by atomic mass is 16.5. The molecule has 4 aromatic rings. The summed E-state index contributed by atoms with van der Waals surface area (Å²) in [6, 6.07) is 22.5. The van der Waals surface area contributed by atoms with Gasteiger partial charge < -0.3 is 19.3 Å². The standard InChI is InChI=1S/C30H28N4O4/c1-4-32-19(2)27(22-9-5-7-11-24(22)32)28(35)30(20-13-15-21(38-3)16-14-20)18-33-25-12-8-6-10-23(25)31-17-26(33)34(30)29(36)37/h5-17,26H,4,18H2,1-3H3,(H,36,37). The molecule has 3 aromatic carbocycles. The summed E-state index contributed by atoms with van der Waals surface area (Å²) in [5.41, 5.74) is 2.89. The number of ether oxygens (including phenoxy) is 1. The van der Waals surface area contributed by atoms with Crippen LogP contribution < -0.4 is 9.64 Å². The van der Waals surface area contributed by atoms with Gasteiger partial charge in [-0.3, -0.25) is 14.7 Å². The van der Waals surface area contributed by atoms with E-state index in [0.717, 1.165) is 28.0 Å². The number of rotatable bonds is 5. The monoisotopic (exact) mass is 508 g/mol. The number of Topliss-reactive ketones (excluding diaryl/α,β-unsaturated/α-hetero) is 1. The molecule has 1 saturated heterocycles. The molecule has 1 fully saturated rings. The van der Waals surface area contributed by atoms with Crippen molar-refractivity contribution in [2.75, 3.05) is 18.6 Å². The normalized spacial score (nSPS) is 19.9. The van der Waals surface area contributed by atoms with Gasteiger partial charge in [0, 0.05) is 34.9 Å². The van der Waals surface area contributed by atoms with Crippen LogP contribution in [0.2, 0.25) is 0 Å². The van der Waals surface area contributed by atoms with Crippen molar-refractivity contribution >= 4 is 40.4 Å². The van der Waals surface area contributed by atoms with Crippen LogP contribution in [0.25, 0.3) is 10.9 Å². The van der Waals surface area contributed by atoms with E-state index in [4.69, 9.17) is 4.74 Å². The van der Waals surface area contributed by atoms with Gasteiger partial charge in [0.05, 0.1) is 25.0 Å². The molecule has 0 saturated carbocycles. The SMILES string of the molecule is CCn1c(C)c(C(=O)C2(c3ccc(OC)cc3)CN3c4ccccc4N=CC3N2C(=O)O)c2ccccc21. The Morgan fingerprint density at radius 1 is 1.05 bits per heavy atom. The van der Waals surface area contributed by atoms with Crippen LogP contribution in [0, 0.1) is 6.92 Å². The van der Waals surface area contributed by atoms with E-state index in [1.54, 1.807) is 37.6 Å². The summed E-state index contributed by atoms with van der Waals surface area (Å²) in [4.78, 5) is 35.9. The number of nitrogens with zero attached hydrogens (tertiary/aromatic N) is 4. The zero-order chi connectivity index (χ0) is 26.6. The van der Waals surface area contributed by atoms with Gasteiger partial charge in [0.2, 0.25) is 0 Å². The maximum absolute atomic E-state index is 15.0. The minimum atomic E-state index is -1.53. The molecule has 1 amide bonds. The molecule has 1 N–H and O–H groups in total. The molecular weight excluding hydrogens is 480 g/mol. The number of hydrogen-bond donors (Lipinski definition) is 1. The summed E-state index contributed by atoms with van der Waals surface area (Å²) >= 11 is 0. The van der Waals surface area contributed by atoms with Crippen molar-refractivity contribution in [3.05, 3.63) is 89.6 Å². The third-order valence-corrected chi connectivity index (χ3v) is 7.86. The molecule has 2 aliphatic rings. The molecule has 0 aliphatic carbocycles. The van der Waals surface area contributed by atoms with Crippen molar-refractivity contribution in [1.82, 2.24) is 9.47 Å². The molecule has 2 unspecified atom stereocenters. The van der Waals surface area contributed by atoms with E-state index in [-0.39, 0.29) is 12.3 Å². The number of carbonyl (C=O) groups is 2. The highest BCUT2D eigenvalue weighted by Crippen LogP contribution is 2.48. The zero-order valence-electron chi connectivity index (χ0n) is 21.5. The second-order valence-electron chi connectivity index (χ2n) is 9.60. The number of methoxy groups -OCH3 is 1. The molecule has 0 radical (unpaired) electrons. The number of carboxylic acid groups (broad SMARTS) is 1. The van der Waals surface area contributed by atoms with Crippen LogP contribution >= 0.6 is 0 Å². The fourth-order valence-electron chi connectivity index (χ4n) is 6.14. The van der Waals surface area contributed by atoms with Gasteiger partial charge in [0.15, 0.2) is 11.3 Å². The number of benzene rings is 3. The maximum atomic E-state index is 15.0. The van der Waals surface area contributed by atoms with Crippen molar-refractivity contribution in [3.8, 4) is 5.75 Å². The number of aryl methyl sites for hydroxylation is 1. The lowest BCUT2D eigenvalue weighted by atomic mass is 9.80. The van der Waals surface area contributed by atoms with Gasteiger partial charge in [-0.2, -0.15) is 0 Å². The third kappa shape index (κ3) is 3.19. The number of fused-ring (bicyclic) bond motifs is 4. The molecular formula is C30H28N4O4. The molecule has 0 spiro atoms. The first-order valence-electron chi connectivity index (χ1n) is 12.6. The predicted octanol–water partition coefficient (Wildman–Crippen LogP) is 5.60. The molecule has 0 bridgehead atoms. The van der Waals surface area contributed by atoms with Crippen LogP contribution in [0.4, 0.5) is 16.2 Å². The Kier molecular flexibility index (Phi) is 5.48. The third-order valence-electron chi connectivity index (χ3n) is 7.86. The number of aliphatic imine (C=N–C) groups is 1. The van der Waals surface area contributed by atoms with E-state index < -0.39 is 17.8 Å². The lowest BCUT2D eigenvalue weighted by Gasteiger charge is -2.36. The highest BCUT2D eigenvalue weighted by Gasteiger charge is 2.60. The van der Waals surface area contributed by atoms with Crippen molar-refractivity contribution in [2.45, 2.75) is 32.1 Å². The van der Waals surface area contributed by atoms with Gasteiger partial charge in [-0.25, -0.2) is 4.79 Å². The van der Waals surface area contributed by atoms with Crippen LogP contribution in [0.15, 0.2) is 77.8 Å². The van der Waals surface area contributed by atoms with Gasteiger partial charge in [0.25, 0.3) is 0 Å². The number of ketones is 1. The molecule has 6 rings (SSSR count). The molecule has 2 atom stereocenters. The summed E-state index contributed by atoms with van der Waals surface area (Å²) in [7, 11) is 1.58. The maximum Gasteiger partial charge on any atom is 0.410 e. The summed E-state index contributed by atoms with van der Waals surface area (Å²) < 4.78 is 7.48. The summed E-state index contributed by atoms with van der Waals surface area (Å²) in [5.74, 6) is 0.367. The highest BCUT2D eigenvalue weighted by molar-refractivity contribution is 6.16. The first-order valence-corrected chi connectivity index (χ1v) is 12.6. The minimum Gasteiger partial charge on any atom is -0.497 e. The number of para-hydroxylation sites is 3. The Labute approximate surface area is 220 Å². The van der Waals surface area contributed by atoms with Crippen molar-refractivity contribution in [3.63, 3.8) is 0 Å². The second-order valence-corrected chi connectivity index (χ2v) is 9.60. The van der Waals surface area contributed by atoms with Crippen LogP contribution in [0.5, 0.6) is 5.75 Å². The average Bonchev–Trinajstić information content (AvgIpc) is 3.45. The number of anilines is 1. The topological polar surface area (TPSA) is 87.4 Å². The smallest absolute Gasteiger partial charge is 0.410 e. The fraction of sp³-hybridized carbons (Fsp3) is 0.233. The van der Waals surface area contributed by atoms with Gasteiger partial charge >= 0.3 is 6.09 Å². The largest absolute Gasteiger partial charge is 0.497 e. The molecule has 38 heavy (non-hydrogen) atoms. The quantitative estimate of drug-likeness (QED) is 0.355. The number of aromatic nitrogens is 1. The molecule has 8 nitrogen and oxygen atoms in total. The zero-order valence-corrected chi connectivity index (χ0v) is 21.5. The van der Waals surface area contributed by atoms with Crippen LogP contribution in [-0.4, -0.2) is 52.5 Å². The number of carbonyl (C=O) groups excluding carboxylic acids is 1. The number of hydrogen-bond acceptors (Lipinski definition) is 5. The van der Waals surface area contributed by atoms with Crippen molar-refractivity contribution in [1.29, 1.82) is 0 Å². The molecule has 1 aromatic heterocycles. The lowest BCUT2D eigenvalue weighted by Crippen LogP contribution is -2.55. The first-order chi connectivity index (χ1) is 18.4. The van der Waals surface area contributed by atoms with Gasteiger partial charge in [-0.15, -0.1) is 0 Å². The van der Waals surface area contributed by atoms with E-state index >= 15 is 4.79 Å². The molecule has 192 valence electrons. The minimum absolute atomic E-state index is 0.142. The first kappa shape index (κ1) is 23.8. The Bertz CT molecular complexity index is 1610. The number of amides is 1. The van der Waals surface area contributed by atoms with E-state index in [1.165, 1.54) is 4.90 Å². The fourth-order valence-corrected chi connectivity index (χ4v) is 6.14. The average molecular weight is 509 g/mol. The van der Waals surface area contributed by atoms with Crippen LogP contribution in [0.3, 0.4) is 0 Å². The van der Waals surface area contributed by atoms with Gasteiger partial charge in [-0.1, -0.05) is 42.5 Å². The van der Waals surface area contributed by atoms with Crippen LogP contribution in [0.1, 0.15) is 28.5 Å². The Balaban J connectivity index is 1.64. The Morgan fingerprint density at radius 3 is 2.47 bits per heavy atom. The van der Waals surface area contributed by atoms with Gasteiger partial charge in [0.1, 0.15) is 11.9 Å². The Morgan fingerprint density at radius 2 is 1.76 bits per heavy atom. The van der Waals surface area contributed by atoms with Gasteiger partial charge in [-0.05, 0) is 49.7 Å². The van der Waals surface area contributed by atoms with E-state index in [9.17, 15) is 9.90 Å². The summed E-state index contributed by atoms with van der Waals surface area (Å²) in [6.07, 6.45) is -0.311. The lowest BCUT2D eigenvalue weighted by molar-refractivity contribution is 0.0628. The predicted molar refractivity (Wildman–Crippen MR) is 147 cm³/mol. The second kappa shape index (κ2) is 8.76. The van der Waals surface area contributed by atoms with E-state index in [1.807, 2.05) is 67.3 Å². The van der Waals surface area contributed by atoms with E-state index in [0.29, 0.717) is 23.4 Å².